The van der Waals surface area contributed by atoms with Gasteiger partial charge in [0.25, 0.3) is 5.56 Å². The van der Waals surface area contributed by atoms with Crippen LogP contribution in [-0.2, 0) is 6.54 Å². The van der Waals surface area contributed by atoms with E-state index < -0.39 is 0 Å². The predicted octanol–water partition coefficient (Wildman–Crippen LogP) is 0.737. The molecule has 0 bridgehead atoms. The number of rotatable bonds is 4. The van der Waals surface area contributed by atoms with Crippen molar-refractivity contribution in [2.24, 2.45) is 0 Å². The van der Waals surface area contributed by atoms with E-state index in [4.69, 9.17) is 4.74 Å². The zero-order chi connectivity index (χ0) is 13.0. The van der Waals surface area contributed by atoms with Crippen LogP contribution >= 0.6 is 0 Å². The van der Waals surface area contributed by atoms with Crippen molar-refractivity contribution < 1.29 is 4.74 Å². The summed E-state index contributed by atoms with van der Waals surface area (Å²) < 4.78 is 6.35. The molecule has 2 aromatic rings. The minimum atomic E-state index is -0.168. The summed E-state index contributed by atoms with van der Waals surface area (Å²) in [4.78, 5) is 15.8. The number of nitrogens with one attached hydrogen (secondary N) is 1. The van der Waals surface area contributed by atoms with Crippen LogP contribution in [0.4, 0.5) is 5.82 Å². The maximum Gasteiger partial charge on any atom is 0.267 e. The lowest BCUT2D eigenvalue weighted by Crippen LogP contribution is -2.22. The van der Waals surface area contributed by atoms with Gasteiger partial charge in [-0.1, -0.05) is 0 Å². The van der Waals surface area contributed by atoms with Gasteiger partial charge in [-0.3, -0.25) is 4.79 Å². The summed E-state index contributed by atoms with van der Waals surface area (Å²) in [5.41, 5.74) is 0.774. The molecule has 1 N–H and O–H groups in total. The van der Waals surface area contributed by atoms with Gasteiger partial charge in [-0.05, 0) is 17.7 Å². The highest BCUT2D eigenvalue weighted by Crippen LogP contribution is 2.07. The number of hydrogen-bond donors (Lipinski definition) is 1. The Morgan fingerprint density at radius 3 is 2.94 bits per heavy atom. The SMILES string of the molecule is CNc1cc(Cn2nc(OC)ccc2=O)ccn1. The lowest BCUT2D eigenvalue weighted by Gasteiger charge is -2.07. The number of methoxy groups -OCH3 is 1. The molecule has 0 aliphatic carbocycles. The Bertz CT molecular complexity index is 595. The Kier molecular flexibility index (Phi) is 3.57. The summed E-state index contributed by atoms with van der Waals surface area (Å²) in [6, 6.07) is 6.69. The Morgan fingerprint density at radius 1 is 1.39 bits per heavy atom. The van der Waals surface area contributed by atoms with Crippen molar-refractivity contribution in [3.63, 3.8) is 0 Å². The maximum absolute atomic E-state index is 11.7. The molecule has 0 amide bonds. The number of nitrogens with zero attached hydrogens (tertiary/aromatic N) is 3. The van der Waals surface area contributed by atoms with Crippen LogP contribution in [0.15, 0.2) is 35.3 Å². The molecule has 6 heteroatoms. The van der Waals surface area contributed by atoms with Crippen molar-refractivity contribution in [1.82, 2.24) is 14.8 Å². The second-order valence-electron chi connectivity index (χ2n) is 3.67. The molecule has 6 nitrogen and oxygen atoms in total. The topological polar surface area (TPSA) is 69.0 Å². The zero-order valence-electron chi connectivity index (χ0n) is 10.3. The molecule has 0 aromatic carbocycles. The number of hydrogen-bond acceptors (Lipinski definition) is 5. The molecule has 0 saturated carbocycles. The van der Waals surface area contributed by atoms with Crippen LogP contribution in [0, 0.1) is 0 Å². The van der Waals surface area contributed by atoms with Gasteiger partial charge in [-0.2, -0.15) is 0 Å². The van der Waals surface area contributed by atoms with Gasteiger partial charge in [0.1, 0.15) is 5.82 Å². The molecule has 2 rings (SSSR count). The molecule has 0 saturated heterocycles. The average Bonchev–Trinajstić information content (AvgIpc) is 2.41. The van der Waals surface area contributed by atoms with E-state index in [1.165, 1.54) is 17.9 Å². The van der Waals surface area contributed by atoms with Gasteiger partial charge in [0.05, 0.1) is 13.7 Å². The molecule has 2 aromatic heterocycles. The molecule has 18 heavy (non-hydrogen) atoms. The van der Waals surface area contributed by atoms with Crippen LogP contribution in [0.3, 0.4) is 0 Å². The third kappa shape index (κ3) is 2.65. The van der Waals surface area contributed by atoms with E-state index in [0.717, 1.165) is 11.4 Å². The smallest absolute Gasteiger partial charge is 0.267 e. The highest BCUT2D eigenvalue weighted by Gasteiger charge is 2.02. The van der Waals surface area contributed by atoms with Gasteiger partial charge in [0, 0.05) is 25.4 Å². The summed E-state index contributed by atoms with van der Waals surface area (Å²) in [5.74, 6) is 1.17. The molecule has 0 aliphatic rings. The first-order valence-electron chi connectivity index (χ1n) is 5.48. The summed E-state index contributed by atoms with van der Waals surface area (Å²) >= 11 is 0. The summed E-state index contributed by atoms with van der Waals surface area (Å²) in [5, 5.41) is 7.03. The van der Waals surface area contributed by atoms with Crippen LogP contribution in [0.2, 0.25) is 0 Å². The van der Waals surface area contributed by atoms with Crippen molar-refractivity contribution in [2.45, 2.75) is 6.54 Å². The van der Waals surface area contributed by atoms with Crippen molar-refractivity contribution in [3.05, 3.63) is 46.4 Å². The third-order valence-electron chi connectivity index (χ3n) is 2.46. The fourth-order valence-electron chi connectivity index (χ4n) is 1.53. The fourth-order valence-corrected chi connectivity index (χ4v) is 1.53. The van der Waals surface area contributed by atoms with Crippen molar-refractivity contribution in [2.75, 3.05) is 19.5 Å². The summed E-state index contributed by atoms with van der Waals surface area (Å²) in [6.45, 7) is 0.382. The number of pyridine rings is 1. The zero-order valence-corrected chi connectivity index (χ0v) is 10.3. The first-order chi connectivity index (χ1) is 8.72. The van der Waals surface area contributed by atoms with Crippen LogP contribution in [0.25, 0.3) is 0 Å². The molecule has 94 valence electrons. The predicted molar refractivity (Wildman–Crippen MR) is 67.9 cm³/mol. The molecule has 0 unspecified atom stereocenters. The van der Waals surface area contributed by atoms with Gasteiger partial charge in [0.15, 0.2) is 0 Å². The van der Waals surface area contributed by atoms with Crippen molar-refractivity contribution in [3.8, 4) is 5.88 Å². The summed E-state index contributed by atoms with van der Waals surface area (Å²) in [6.07, 6.45) is 1.69. The van der Waals surface area contributed by atoms with E-state index in [-0.39, 0.29) is 5.56 Å². The van der Waals surface area contributed by atoms with Gasteiger partial charge < -0.3 is 10.1 Å². The first-order valence-corrected chi connectivity index (χ1v) is 5.48. The van der Waals surface area contributed by atoms with Crippen LogP contribution < -0.4 is 15.6 Å². The summed E-state index contributed by atoms with van der Waals surface area (Å²) in [7, 11) is 3.31. The standard InChI is InChI=1S/C12H14N4O2/c1-13-10-7-9(5-6-14-10)8-16-12(17)4-3-11(15-16)18-2/h3-7H,8H2,1-2H3,(H,13,14). The first kappa shape index (κ1) is 12.1. The monoisotopic (exact) mass is 246 g/mol. The van der Waals surface area contributed by atoms with E-state index in [2.05, 4.69) is 15.4 Å². The molecular formula is C12H14N4O2. The highest BCUT2D eigenvalue weighted by atomic mass is 16.5. The Balaban J connectivity index is 2.30. The van der Waals surface area contributed by atoms with E-state index in [9.17, 15) is 4.79 Å². The molecule has 0 radical (unpaired) electrons. The second-order valence-corrected chi connectivity index (χ2v) is 3.67. The van der Waals surface area contributed by atoms with Gasteiger partial charge in [-0.25, -0.2) is 9.67 Å². The molecule has 0 fully saturated rings. The second kappa shape index (κ2) is 5.31. The number of anilines is 1. The molecule has 0 aliphatic heterocycles. The van der Waals surface area contributed by atoms with Gasteiger partial charge in [-0.15, -0.1) is 5.10 Å². The lowest BCUT2D eigenvalue weighted by atomic mass is 10.2. The Morgan fingerprint density at radius 2 is 2.22 bits per heavy atom. The van der Waals surface area contributed by atoms with Crippen LogP contribution in [0.1, 0.15) is 5.56 Å². The largest absolute Gasteiger partial charge is 0.480 e. The normalized spacial score (nSPS) is 10.1. The Hall–Kier alpha value is -2.37. The number of ether oxygens (including phenoxy) is 1. The van der Waals surface area contributed by atoms with Crippen LogP contribution in [0.5, 0.6) is 5.88 Å². The Labute approximate surface area is 104 Å². The molecule has 0 spiro atoms. The van der Waals surface area contributed by atoms with Crippen molar-refractivity contribution in [1.29, 1.82) is 0 Å². The molecule has 0 atom stereocenters. The van der Waals surface area contributed by atoms with Crippen molar-refractivity contribution >= 4 is 5.82 Å². The van der Waals surface area contributed by atoms with Crippen LogP contribution in [-0.4, -0.2) is 28.9 Å². The molecule has 2 heterocycles. The minimum Gasteiger partial charge on any atom is -0.480 e. The van der Waals surface area contributed by atoms with Gasteiger partial charge >= 0.3 is 0 Å². The lowest BCUT2D eigenvalue weighted by molar-refractivity contribution is 0.379. The quantitative estimate of drug-likeness (QED) is 0.861. The van der Waals surface area contributed by atoms with E-state index in [1.807, 2.05) is 12.1 Å². The third-order valence-corrected chi connectivity index (χ3v) is 2.46. The average molecular weight is 246 g/mol. The highest BCUT2D eigenvalue weighted by molar-refractivity contribution is 5.36. The fraction of sp³-hybridized carbons (Fsp3) is 0.250. The maximum atomic E-state index is 11.7. The van der Waals surface area contributed by atoms with E-state index in [0.29, 0.717) is 12.4 Å². The van der Waals surface area contributed by atoms with Gasteiger partial charge in [0.2, 0.25) is 5.88 Å². The molecular weight excluding hydrogens is 232 g/mol. The minimum absolute atomic E-state index is 0.168. The number of aromatic nitrogens is 3. The van der Waals surface area contributed by atoms with E-state index in [1.54, 1.807) is 19.3 Å². The van der Waals surface area contributed by atoms with E-state index >= 15 is 0 Å².